The zero-order valence-corrected chi connectivity index (χ0v) is 34.2. The van der Waals surface area contributed by atoms with Gasteiger partial charge in [0.15, 0.2) is 17.3 Å². The minimum absolute atomic E-state index is 0.0295. The molecule has 2 atom stereocenters. The van der Waals surface area contributed by atoms with Gasteiger partial charge in [-0.25, -0.2) is 0 Å². The minimum atomic E-state index is -0.219. The maximum atomic E-state index is 13.1. The monoisotopic (exact) mass is 803 g/mol. The van der Waals surface area contributed by atoms with Crippen LogP contribution in [0.5, 0.6) is 5.75 Å². The highest BCUT2D eigenvalue weighted by Crippen LogP contribution is 2.38. The third-order valence-corrected chi connectivity index (χ3v) is 12.8. The van der Waals surface area contributed by atoms with Crippen molar-refractivity contribution in [3.8, 4) is 16.8 Å². The highest BCUT2D eigenvalue weighted by Gasteiger charge is 2.30. The zero-order valence-electron chi connectivity index (χ0n) is 32.7. The summed E-state index contributed by atoms with van der Waals surface area (Å²) in [6, 6.07) is 19.5. The number of carbonyl (C=O) groups is 1. The Morgan fingerprint density at radius 1 is 0.982 bits per heavy atom. The van der Waals surface area contributed by atoms with Gasteiger partial charge in [0.25, 0.3) is 5.91 Å². The van der Waals surface area contributed by atoms with Crippen molar-refractivity contribution in [3.63, 3.8) is 0 Å². The van der Waals surface area contributed by atoms with Gasteiger partial charge in [-0.3, -0.25) is 14.4 Å². The summed E-state index contributed by atoms with van der Waals surface area (Å²) in [5.41, 5.74) is 6.46. The molecular weight excluding hydrogens is 758 g/mol. The van der Waals surface area contributed by atoms with Crippen LogP contribution >= 0.6 is 22.9 Å². The fourth-order valence-corrected chi connectivity index (χ4v) is 9.41. The number of amides is 1. The first-order chi connectivity index (χ1) is 27.6. The standard InChI is InChI=1S/C43H46ClN9O3S/c1-25-27(3)57-43-39(25)40(46-26(2)41-51-48-28(4)53(41)43)30-9-7-29(8-10-30)19-21-55-35-6-5-20-52(24-35)38-18-17-37(49-50-38)42(54)47-32-12-15-33(16-13-32)56-34-14-11-31(23-45)36(44)22-34/h7-11,14,17-18,22,26,32-33,35H,5-6,12-13,15-16,19-21,24H2,1-4H3,(H,47,54)/t26-,32?,33?,35+/m0/s1. The number of aliphatic imine (C=N–C) groups is 1. The van der Waals surface area contributed by atoms with E-state index in [2.05, 4.69) is 86.3 Å². The van der Waals surface area contributed by atoms with Crippen LogP contribution in [0.3, 0.4) is 0 Å². The van der Waals surface area contributed by atoms with E-state index in [0.29, 0.717) is 28.6 Å². The second-order valence-electron chi connectivity index (χ2n) is 15.2. The van der Waals surface area contributed by atoms with Gasteiger partial charge in [-0.2, -0.15) is 5.26 Å². The Balaban J connectivity index is 0.806. The molecule has 8 rings (SSSR count). The van der Waals surface area contributed by atoms with Gasteiger partial charge in [-0.1, -0.05) is 35.9 Å². The lowest BCUT2D eigenvalue weighted by Gasteiger charge is -2.33. The lowest BCUT2D eigenvalue weighted by atomic mass is 9.93. The van der Waals surface area contributed by atoms with Crippen molar-refractivity contribution in [1.82, 2.24) is 30.3 Å². The summed E-state index contributed by atoms with van der Waals surface area (Å²) in [6.07, 6.45) is 6.11. The summed E-state index contributed by atoms with van der Waals surface area (Å²) in [4.78, 5) is 21.7. The van der Waals surface area contributed by atoms with E-state index >= 15 is 0 Å². The third kappa shape index (κ3) is 8.30. The zero-order chi connectivity index (χ0) is 39.6. The van der Waals surface area contributed by atoms with Crippen molar-refractivity contribution >= 4 is 40.4 Å². The smallest absolute Gasteiger partial charge is 0.272 e. The van der Waals surface area contributed by atoms with E-state index < -0.39 is 0 Å². The fraction of sp³-hybridized carbons (Fsp3) is 0.419. The first kappa shape index (κ1) is 38.7. The minimum Gasteiger partial charge on any atom is -0.490 e. The number of aryl methyl sites for hydroxylation is 2. The van der Waals surface area contributed by atoms with Crippen molar-refractivity contribution in [2.75, 3.05) is 24.6 Å². The van der Waals surface area contributed by atoms with Crippen LogP contribution in [0.25, 0.3) is 5.00 Å². The molecule has 2 fully saturated rings. The lowest BCUT2D eigenvalue weighted by Crippen LogP contribution is -2.41. The Morgan fingerprint density at radius 2 is 1.79 bits per heavy atom. The SMILES string of the molecule is Cc1sc2c(c1C)C(c1ccc(CCO[C@@H]3CCCN(c4ccc(C(=O)NC5CCC(Oc6ccc(C#N)c(Cl)c6)CC5)nn4)C3)cc1)=N[C@@H](C)c1nnc(C)n1-2. The van der Waals surface area contributed by atoms with Crippen LogP contribution in [0, 0.1) is 32.1 Å². The summed E-state index contributed by atoms with van der Waals surface area (Å²) >= 11 is 7.93. The van der Waals surface area contributed by atoms with Gasteiger partial charge in [0, 0.05) is 41.2 Å². The topological polar surface area (TPSA) is 143 Å². The first-order valence-electron chi connectivity index (χ1n) is 19.7. The third-order valence-electron chi connectivity index (χ3n) is 11.3. The maximum Gasteiger partial charge on any atom is 0.272 e. The molecule has 12 nitrogen and oxygen atoms in total. The molecule has 5 aromatic rings. The van der Waals surface area contributed by atoms with Crippen LogP contribution in [0.2, 0.25) is 5.02 Å². The Kier molecular flexibility index (Phi) is 11.4. The molecule has 0 radical (unpaired) electrons. The summed E-state index contributed by atoms with van der Waals surface area (Å²) in [7, 11) is 0. The van der Waals surface area contributed by atoms with Gasteiger partial charge < -0.3 is 19.7 Å². The number of anilines is 1. The first-order valence-corrected chi connectivity index (χ1v) is 20.9. The van der Waals surface area contributed by atoms with E-state index in [-0.39, 0.29) is 30.2 Å². The lowest BCUT2D eigenvalue weighted by molar-refractivity contribution is 0.0454. The van der Waals surface area contributed by atoms with Gasteiger partial charge in [-0.05, 0) is 108 Å². The van der Waals surface area contributed by atoms with Gasteiger partial charge in [0.05, 0.1) is 35.1 Å². The number of nitriles is 1. The molecule has 2 aromatic carbocycles. The highest BCUT2D eigenvalue weighted by atomic mass is 35.5. The molecular formula is C43H46ClN9O3S. The molecule has 294 valence electrons. The number of carbonyl (C=O) groups excluding carboxylic acids is 1. The van der Waals surface area contributed by atoms with Gasteiger partial charge >= 0.3 is 0 Å². The molecule has 1 saturated heterocycles. The molecule has 0 spiro atoms. The average molecular weight is 804 g/mol. The van der Waals surface area contributed by atoms with Crippen molar-refractivity contribution in [2.45, 2.75) is 96.9 Å². The number of ether oxygens (including phenoxy) is 2. The second kappa shape index (κ2) is 16.7. The number of thiophene rings is 1. The molecule has 57 heavy (non-hydrogen) atoms. The van der Waals surface area contributed by atoms with Crippen LogP contribution < -0.4 is 15.0 Å². The Bertz CT molecular complexity index is 2320. The van der Waals surface area contributed by atoms with Crippen molar-refractivity contribution < 1.29 is 14.3 Å². The second-order valence-corrected chi connectivity index (χ2v) is 16.8. The van der Waals surface area contributed by atoms with E-state index in [1.54, 1.807) is 35.6 Å². The van der Waals surface area contributed by atoms with Gasteiger partial charge in [-0.15, -0.1) is 31.7 Å². The molecule has 0 bridgehead atoms. The molecule has 2 aliphatic heterocycles. The Morgan fingerprint density at radius 3 is 2.53 bits per heavy atom. The summed E-state index contributed by atoms with van der Waals surface area (Å²) in [5, 5.41) is 31.3. The molecule has 0 unspecified atom stereocenters. The molecule has 5 heterocycles. The average Bonchev–Trinajstić information content (AvgIpc) is 3.71. The number of piperidine rings is 1. The van der Waals surface area contributed by atoms with Crippen LogP contribution in [-0.2, 0) is 11.2 Å². The number of benzene rings is 2. The number of hydrogen-bond donors (Lipinski definition) is 1. The quantitative estimate of drug-likeness (QED) is 0.149. The van der Waals surface area contributed by atoms with Crippen LogP contribution in [0.1, 0.15) is 106 Å². The Hall–Kier alpha value is -5.16. The van der Waals surface area contributed by atoms with Crippen molar-refractivity contribution in [1.29, 1.82) is 5.26 Å². The predicted octanol–water partition coefficient (Wildman–Crippen LogP) is 7.83. The molecule has 3 aliphatic rings. The molecule has 1 amide bonds. The highest BCUT2D eigenvalue weighted by molar-refractivity contribution is 7.15. The van der Waals surface area contributed by atoms with Gasteiger partial charge in [0.2, 0.25) is 0 Å². The molecule has 3 aromatic heterocycles. The number of aromatic nitrogens is 5. The van der Waals surface area contributed by atoms with Crippen molar-refractivity contribution in [2.24, 2.45) is 4.99 Å². The van der Waals surface area contributed by atoms with Gasteiger partial charge in [0.1, 0.15) is 28.7 Å². The van der Waals surface area contributed by atoms with Crippen molar-refractivity contribution in [3.05, 3.63) is 110 Å². The number of nitrogens with one attached hydrogen (secondary N) is 1. The number of fused-ring (bicyclic) bond motifs is 3. The Labute approximate surface area is 341 Å². The fourth-order valence-electron chi connectivity index (χ4n) is 7.99. The van der Waals surface area contributed by atoms with Crippen LogP contribution in [0.4, 0.5) is 5.82 Å². The van der Waals surface area contributed by atoms with E-state index in [9.17, 15) is 4.79 Å². The van der Waals surface area contributed by atoms with Crippen LogP contribution in [-0.4, -0.2) is 74.5 Å². The molecule has 1 saturated carbocycles. The van der Waals surface area contributed by atoms with E-state index in [4.69, 9.17) is 31.3 Å². The number of nitrogens with zero attached hydrogens (tertiary/aromatic N) is 8. The van der Waals surface area contributed by atoms with Crippen LogP contribution in [0.15, 0.2) is 59.6 Å². The molecule has 1 aliphatic carbocycles. The maximum absolute atomic E-state index is 13.1. The number of halogens is 1. The predicted molar refractivity (Wildman–Crippen MR) is 221 cm³/mol. The van der Waals surface area contributed by atoms with E-state index in [0.717, 1.165) is 91.8 Å². The largest absolute Gasteiger partial charge is 0.490 e. The normalized spacial score (nSPS) is 20.5. The summed E-state index contributed by atoms with van der Waals surface area (Å²) in [6.45, 7) is 10.7. The number of hydrogen-bond acceptors (Lipinski definition) is 11. The molecule has 14 heteroatoms. The van der Waals surface area contributed by atoms with E-state index in [1.165, 1.54) is 21.6 Å². The number of rotatable bonds is 10. The summed E-state index contributed by atoms with van der Waals surface area (Å²) < 4.78 is 14.7. The summed E-state index contributed by atoms with van der Waals surface area (Å²) in [5.74, 6) is 2.94. The van der Waals surface area contributed by atoms with E-state index in [1.807, 2.05) is 13.0 Å². The molecule has 1 N–H and O–H groups in total.